The summed E-state index contributed by atoms with van der Waals surface area (Å²) in [7, 11) is 0. The second kappa shape index (κ2) is 2.28. The van der Waals surface area contributed by atoms with Gasteiger partial charge < -0.3 is 10.5 Å². The lowest BCUT2D eigenvalue weighted by atomic mass is 10.3. The van der Waals surface area contributed by atoms with Gasteiger partial charge in [0, 0.05) is 0 Å². The summed E-state index contributed by atoms with van der Waals surface area (Å²) < 4.78 is 4.88. The van der Waals surface area contributed by atoms with Gasteiger partial charge in [0.15, 0.2) is 0 Å². The van der Waals surface area contributed by atoms with Crippen LogP contribution in [0.25, 0.3) is 0 Å². The van der Waals surface area contributed by atoms with E-state index >= 15 is 0 Å². The number of hydrogen-bond acceptors (Lipinski definition) is 2. The largest absolute Gasteiger partial charge is 0.356 e. The van der Waals surface area contributed by atoms with Crippen LogP contribution in [0, 0.1) is 6.61 Å². The van der Waals surface area contributed by atoms with Crippen molar-refractivity contribution in [3.63, 3.8) is 0 Å². The molecule has 0 bridgehead atoms. The summed E-state index contributed by atoms with van der Waals surface area (Å²) in [5.74, 6) is 0. The molecule has 43 valence electrons. The number of rotatable bonds is 2. The molecule has 0 saturated heterocycles. The van der Waals surface area contributed by atoms with Crippen LogP contribution in [-0.4, -0.2) is 5.72 Å². The van der Waals surface area contributed by atoms with Gasteiger partial charge in [-0.2, -0.15) is 0 Å². The molecule has 2 nitrogen and oxygen atoms in total. The first-order chi connectivity index (χ1) is 3.06. The molecule has 0 aliphatic carbocycles. The van der Waals surface area contributed by atoms with Crippen molar-refractivity contribution in [1.82, 2.24) is 0 Å². The summed E-state index contributed by atoms with van der Waals surface area (Å²) in [5, 5.41) is 0. The molecule has 7 heavy (non-hydrogen) atoms. The van der Waals surface area contributed by atoms with E-state index in [1.165, 1.54) is 0 Å². The van der Waals surface area contributed by atoms with Crippen molar-refractivity contribution in [2.24, 2.45) is 5.73 Å². The van der Waals surface area contributed by atoms with Crippen LogP contribution < -0.4 is 5.73 Å². The van der Waals surface area contributed by atoms with Gasteiger partial charge in [0.25, 0.3) is 0 Å². The molecule has 0 aromatic rings. The van der Waals surface area contributed by atoms with E-state index in [1.807, 2.05) is 0 Å². The van der Waals surface area contributed by atoms with E-state index in [4.69, 9.17) is 10.5 Å². The minimum absolute atomic E-state index is 0.505. The summed E-state index contributed by atoms with van der Waals surface area (Å²) in [5.41, 5.74) is 4.89. The van der Waals surface area contributed by atoms with Gasteiger partial charge in [-0.25, -0.2) is 0 Å². The van der Waals surface area contributed by atoms with Crippen molar-refractivity contribution >= 4 is 0 Å². The number of ether oxygens (including phenoxy) is 1. The first-order valence-electron chi connectivity index (χ1n) is 2.31. The molecule has 0 amide bonds. The minimum Gasteiger partial charge on any atom is -0.356 e. The molecule has 0 fully saturated rings. The zero-order chi connectivity index (χ0) is 5.91. The predicted molar refractivity (Wildman–Crippen MR) is 29.3 cm³/mol. The summed E-state index contributed by atoms with van der Waals surface area (Å²) >= 11 is 0. The lowest BCUT2D eigenvalue weighted by Crippen LogP contribution is -2.33. The number of hydrogen-bond donors (Lipinski definition) is 1. The maximum absolute atomic E-state index is 5.39. The van der Waals surface area contributed by atoms with E-state index < -0.39 is 5.72 Å². The lowest BCUT2D eigenvalue weighted by Gasteiger charge is -2.16. The maximum Gasteiger partial charge on any atom is 0.111 e. The fraction of sp³-hybridized carbons (Fsp3) is 0.800. The highest BCUT2D eigenvalue weighted by Crippen LogP contribution is 1.98. The van der Waals surface area contributed by atoms with Crippen molar-refractivity contribution in [1.29, 1.82) is 0 Å². The van der Waals surface area contributed by atoms with Crippen molar-refractivity contribution < 1.29 is 4.74 Å². The van der Waals surface area contributed by atoms with E-state index in [0.29, 0.717) is 0 Å². The molecule has 0 saturated carbocycles. The standard InChI is InChI=1S/C5H12NO/c1-4-7-5(2,3)6/h4H,6H2,1-3H3. The second-order valence-corrected chi connectivity index (χ2v) is 1.96. The first kappa shape index (κ1) is 6.92. The van der Waals surface area contributed by atoms with Gasteiger partial charge in [0.2, 0.25) is 0 Å². The van der Waals surface area contributed by atoms with E-state index in [1.54, 1.807) is 27.4 Å². The monoisotopic (exact) mass is 102 g/mol. The summed E-state index contributed by atoms with van der Waals surface area (Å²) in [4.78, 5) is 0. The predicted octanol–water partition coefficient (Wildman–Crippen LogP) is 0.879. The van der Waals surface area contributed by atoms with Gasteiger partial charge in [-0.3, -0.25) is 0 Å². The zero-order valence-corrected chi connectivity index (χ0v) is 5.06. The Morgan fingerprint density at radius 1 is 1.57 bits per heavy atom. The Hall–Kier alpha value is -0.0800. The Morgan fingerprint density at radius 2 is 2.00 bits per heavy atom. The molecule has 1 radical (unpaired) electrons. The van der Waals surface area contributed by atoms with Gasteiger partial charge in [-0.1, -0.05) is 0 Å². The Kier molecular flexibility index (Phi) is 2.26. The van der Waals surface area contributed by atoms with Crippen molar-refractivity contribution in [3.05, 3.63) is 6.61 Å². The van der Waals surface area contributed by atoms with Crippen LogP contribution in [0.2, 0.25) is 0 Å². The maximum atomic E-state index is 5.39. The molecule has 0 rings (SSSR count). The summed E-state index contributed by atoms with van der Waals surface area (Å²) in [6.45, 7) is 6.98. The molecule has 0 heterocycles. The topological polar surface area (TPSA) is 35.2 Å². The fourth-order valence-electron chi connectivity index (χ4n) is 0.304. The lowest BCUT2D eigenvalue weighted by molar-refractivity contribution is 0.0348. The SMILES string of the molecule is C[CH]OC(C)(C)N. The van der Waals surface area contributed by atoms with Crippen LogP contribution in [0.3, 0.4) is 0 Å². The van der Waals surface area contributed by atoms with Crippen LogP contribution in [0.15, 0.2) is 0 Å². The van der Waals surface area contributed by atoms with Crippen molar-refractivity contribution in [2.45, 2.75) is 26.5 Å². The van der Waals surface area contributed by atoms with Crippen LogP contribution >= 0.6 is 0 Å². The molecule has 2 heteroatoms. The zero-order valence-electron chi connectivity index (χ0n) is 5.06. The molecular weight excluding hydrogens is 90.1 g/mol. The molecule has 0 aliphatic heterocycles. The highest BCUT2D eigenvalue weighted by Gasteiger charge is 2.07. The first-order valence-corrected chi connectivity index (χ1v) is 2.31. The molecule has 0 atom stereocenters. The van der Waals surface area contributed by atoms with Gasteiger partial charge in [-0.15, -0.1) is 0 Å². The molecule has 0 aromatic carbocycles. The Balaban J connectivity index is 3.15. The van der Waals surface area contributed by atoms with Gasteiger partial charge >= 0.3 is 0 Å². The van der Waals surface area contributed by atoms with E-state index in [2.05, 4.69) is 0 Å². The van der Waals surface area contributed by atoms with Gasteiger partial charge in [0.1, 0.15) is 5.72 Å². The van der Waals surface area contributed by atoms with E-state index in [-0.39, 0.29) is 0 Å². The summed E-state index contributed by atoms with van der Waals surface area (Å²) in [6.07, 6.45) is 0. The smallest absolute Gasteiger partial charge is 0.111 e. The Labute approximate surface area is 44.7 Å². The quantitative estimate of drug-likeness (QED) is 0.525. The Morgan fingerprint density at radius 3 is 2.00 bits per heavy atom. The third-order valence-electron chi connectivity index (χ3n) is 0.422. The Bertz CT molecular complexity index is 46.5. The fourth-order valence-corrected chi connectivity index (χ4v) is 0.304. The van der Waals surface area contributed by atoms with Crippen molar-refractivity contribution in [3.8, 4) is 0 Å². The highest BCUT2D eigenvalue weighted by atomic mass is 16.5. The average Bonchev–Trinajstić information content (AvgIpc) is 1.30. The van der Waals surface area contributed by atoms with Crippen LogP contribution in [0.4, 0.5) is 0 Å². The molecule has 0 aliphatic rings. The second-order valence-electron chi connectivity index (χ2n) is 1.96. The van der Waals surface area contributed by atoms with E-state index in [0.717, 1.165) is 0 Å². The third-order valence-corrected chi connectivity index (χ3v) is 0.422. The van der Waals surface area contributed by atoms with Crippen LogP contribution in [0.1, 0.15) is 20.8 Å². The minimum atomic E-state index is -0.505. The van der Waals surface area contributed by atoms with E-state index in [9.17, 15) is 0 Å². The molecular formula is C5H12NO. The highest BCUT2D eigenvalue weighted by molar-refractivity contribution is 4.57. The average molecular weight is 102 g/mol. The van der Waals surface area contributed by atoms with Crippen LogP contribution in [0.5, 0.6) is 0 Å². The van der Waals surface area contributed by atoms with Crippen molar-refractivity contribution in [2.75, 3.05) is 0 Å². The normalized spacial score (nSPS) is 12.0. The van der Waals surface area contributed by atoms with Crippen LogP contribution in [-0.2, 0) is 4.74 Å². The third kappa shape index (κ3) is 5.92. The molecule has 0 spiro atoms. The molecule has 0 aromatic heterocycles. The molecule has 0 unspecified atom stereocenters. The van der Waals surface area contributed by atoms with Gasteiger partial charge in [0.05, 0.1) is 6.61 Å². The molecule has 2 N–H and O–H groups in total. The van der Waals surface area contributed by atoms with Gasteiger partial charge in [-0.05, 0) is 20.8 Å². The summed E-state index contributed by atoms with van der Waals surface area (Å²) in [6, 6.07) is 0. The number of nitrogens with two attached hydrogens (primary N) is 1.